The molecule has 0 aromatic carbocycles. The summed E-state index contributed by atoms with van der Waals surface area (Å²) in [6.45, 7) is 14.8. The first kappa shape index (κ1) is 17.7. The van der Waals surface area contributed by atoms with Crippen LogP contribution < -0.4 is 10.6 Å². The van der Waals surface area contributed by atoms with Gasteiger partial charge in [0, 0.05) is 12.6 Å². The van der Waals surface area contributed by atoms with Gasteiger partial charge in [0.05, 0.1) is 0 Å². The number of hydrogen-bond donors (Lipinski definition) is 2. The van der Waals surface area contributed by atoms with Gasteiger partial charge in [-0.05, 0) is 54.6 Å². The molecule has 118 valence electrons. The van der Waals surface area contributed by atoms with Gasteiger partial charge in [-0.25, -0.2) is 0 Å². The van der Waals surface area contributed by atoms with E-state index in [0.717, 1.165) is 35.3 Å². The van der Waals surface area contributed by atoms with Crippen LogP contribution in [0.2, 0.25) is 0 Å². The molecule has 2 N–H and O–H groups in total. The van der Waals surface area contributed by atoms with Crippen LogP contribution in [-0.2, 0) is 0 Å². The molecule has 2 nitrogen and oxygen atoms in total. The van der Waals surface area contributed by atoms with E-state index in [0.29, 0.717) is 12.0 Å². The number of nitrogens with one attached hydrogen (secondary N) is 2. The lowest BCUT2D eigenvalue weighted by molar-refractivity contribution is 0.127. The van der Waals surface area contributed by atoms with Crippen LogP contribution in [0, 0.1) is 29.6 Å². The van der Waals surface area contributed by atoms with Gasteiger partial charge in [0.1, 0.15) is 0 Å². The van der Waals surface area contributed by atoms with Gasteiger partial charge >= 0.3 is 0 Å². The zero-order valence-corrected chi connectivity index (χ0v) is 15.0. The molecule has 1 aliphatic carbocycles. The maximum absolute atomic E-state index is 5.51. The van der Waals surface area contributed by atoms with Crippen molar-refractivity contribution < 1.29 is 0 Å². The van der Waals surface area contributed by atoms with E-state index in [9.17, 15) is 0 Å². The van der Waals surface area contributed by atoms with Crippen LogP contribution in [-0.4, -0.2) is 17.7 Å². The first-order chi connectivity index (χ1) is 9.32. The summed E-state index contributed by atoms with van der Waals surface area (Å²) in [7, 11) is 0. The molecule has 0 amide bonds. The highest BCUT2D eigenvalue weighted by Crippen LogP contribution is 2.37. The molecule has 0 saturated heterocycles. The Morgan fingerprint density at radius 1 is 1.00 bits per heavy atom. The van der Waals surface area contributed by atoms with Crippen molar-refractivity contribution in [1.29, 1.82) is 0 Å². The van der Waals surface area contributed by atoms with Crippen molar-refractivity contribution in [3.8, 4) is 0 Å². The van der Waals surface area contributed by atoms with Crippen LogP contribution in [0.3, 0.4) is 0 Å². The molecule has 1 rings (SSSR count). The summed E-state index contributed by atoms with van der Waals surface area (Å²) in [6, 6.07) is 0.538. The van der Waals surface area contributed by atoms with E-state index in [-0.39, 0.29) is 0 Å². The van der Waals surface area contributed by atoms with Gasteiger partial charge in [0.2, 0.25) is 0 Å². The Labute approximate surface area is 131 Å². The molecule has 0 radical (unpaired) electrons. The van der Waals surface area contributed by atoms with Crippen LogP contribution in [0.4, 0.5) is 0 Å². The predicted molar refractivity (Wildman–Crippen MR) is 92.9 cm³/mol. The summed E-state index contributed by atoms with van der Waals surface area (Å²) < 4.78 is 0. The standard InChI is InChI=1S/C17H34N2S/c1-11(2)10-18-17(20)19-16-14(12(3)4)8-7-9-15(16)13(5)6/h11-16H,7-10H2,1-6H3,(H2,18,19,20). The van der Waals surface area contributed by atoms with E-state index in [1.807, 2.05) is 0 Å². The SMILES string of the molecule is CC(C)CNC(=S)NC1C(C(C)C)CCCC1C(C)C. The van der Waals surface area contributed by atoms with E-state index in [1.54, 1.807) is 0 Å². The fourth-order valence-corrected chi connectivity index (χ4v) is 3.69. The van der Waals surface area contributed by atoms with E-state index in [4.69, 9.17) is 12.2 Å². The average molecular weight is 299 g/mol. The Bertz CT molecular complexity index is 283. The lowest BCUT2D eigenvalue weighted by Crippen LogP contribution is -2.53. The Morgan fingerprint density at radius 3 is 1.90 bits per heavy atom. The smallest absolute Gasteiger partial charge is 0.166 e. The quantitative estimate of drug-likeness (QED) is 0.744. The minimum Gasteiger partial charge on any atom is -0.362 e. The van der Waals surface area contributed by atoms with Gasteiger partial charge in [-0.1, -0.05) is 48.0 Å². The highest BCUT2D eigenvalue weighted by Gasteiger charge is 2.36. The molecule has 3 heteroatoms. The molecule has 1 aliphatic rings. The Balaban J connectivity index is 2.68. The molecular formula is C17H34N2S. The third kappa shape index (κ3) is 5.23. The van der Waals surface area contributed by atoms with Crippen molar-refractivity contribution in [2.75, 3.05) is 6.54 Å². The zero-order chi connectivity index (χ0) is 15.3. The number of rotatable bonds is 5. The fraction of sp³-hybridized carbons (Fsp3) is 0.941. The van der Waals surface area contributed by atoms with E-state index in [2.05, 4.69) is 52.2 Å². The Kier molecular flexibility index (Phi) is 7.28. The summed E-state index contributed by atoms with van der Waals surface area (Å²) in [5, 5.41) is 7.88. The zero-order valence-electron chi connectivity index (χ0n) is 14.2. The van der Waals surface area contributed by atoms with Gasteiger partial charge in [-0.15, -0.1) is 0 Å². The molecule has 1 fully saturated rings. The van der Waals surface area contributed by atoms with Crippen LogP contribution in [0.25, 0.3) is 0 Å². The maximum Gasteiger partial charge on any atom is 0.166 e. The van der Waals surface area contributed by atoms with Crippen molar-refractivity contribution in [3.05, 3.63) is 0 Å². The largest absolute Gasteiger partial charge is 0.362 e. The van der Waals surface area contributed by atoms with Gasteiger partial charge in [0.15, 0.2) is 5.11 Å². The van der Waals surface area contributed by atoms with Gasteiger partial charge < -0.3 is 10.6 Å². The molecule has 0 aromatic heterocycles. The monoisotopic (exact) mass is 298 g/mol. The number of hydrogen-bond acceptors (Lipinski definition) is 1. The van der Waals surface area contributed by atoms with Crippen LogP contribution >= 0.6 is 12.2 Å². The van der Waals surface area contributed by atoms with E-state index < -0.39 is 0 Å². The minimum atomic E-state index is 0.538. The molecule has 0 aromatic rings. The Hall–Kier alpha value is -0.310. The normalized spacial score (nSPS) is 27.1. The van der Waals surface area contributed by atoms with Crippen LogP contribution in [0.1, 0.15) is 60.8 Å². The number of thiocarbonyl (C=S) groups is 1. The molecule has 0 aliphatic heterocycles. The topological polar surface area (TPSA) is 24.1 Å². The predicted octanol–water partition coefficient (Wildman–Crippen LogP) is 4.20. The summed E-state index contributed by atoms with van der Waals surface area (Å²) in [5.74, 6) is 3.57. The first-order valence-corrected chi connectivity index (χ1v) is 8.78. The third-order valence-corrected chi connectivity index (χ3v) is 4.94. The van der Waals surface area contributed by atoms with Crippen LogP contribution in [0.5, 0.6) is 0 Å². The van der Waals surface area contributed by atoms with Crippen molar-refractivity contribution in [2.24, 2.45) is 29.6 Å². The molecule has 0 heterocycles. The highest BCUT2D eigenvalue weighted by atomic mass is 32.1. The van der Waals surface area contributed by atoms with Gasteiger partial charge in [0.25, 0.3) is 0 Å². The lowest BCUT2D eigenvalue weighted by Gasteiger charge is -2.43. The fourth-order valence-electron chi connectivity index (χ4n) is 3.48. The van der Waals surface area contributed by atoms with Crippen molar-refractivity contribution in [1.82, 2.24) is 10.6 Å². The molecule has 2 unspecified atom stereocenters. The molecular weight excluding hydrogens is 264 g/mol. The Morgan fingerprint density at radius 2 is 1.50 bits per heavy atom. The van der Waals surface area contributed by atoms with E-state index in [1.165, 1.54) is 19.3 Å². The van der Waals surface area contributed by atoms with Crippen LogP contribution in [0.15, 0.2) is 0 Å². The van der Waals surface area contributed by atoms with Crippen molar-refractivity contribution >= 4 is 17.3 Å². The molecule has 0 bridgehead atoms. The molecule has 1 saturated carbocycles. The second-order valence-corrected chi connectivity index (χ2v) is 7.93. The van der Waals surface area contributed by atoms with Gasteiger partial charge in [-0.2, -0.15) is 0 Å². The van der Waals surface area contributed by atoms with Crippen molar-refractivity contribution in [2.45, 2.75) is 66.8 Å². The molecule has 0 spiro atoms. The summed E-state index contributed by atoms with van der Waals surface area (Å²) in [6.07, 6.45) is 4.05. The summed E-state index contributed by atoms with van der Waals surface area (Å²) in [5.41, 5.74) is 0. The lowest BCUT2D eigenvalue weighted by atomic mass is 9.68. The summed E-state index contributed by atoms with van der Waals surface area (Å²) in [4.78, 5) is 0. The second kappa shape index (κ2) is 8.21. The summed E-state index contributed by atoms with van der Waals surface area (Å²) >= 11 is 5.51. The third-order valence-electron chi connectivity index (χ3n) is 4.68. The van der Waals surface area contributed by atoms with Crippen molar-refractivity contribution in [3.63, 3.8) is 0 Å². The van der Waals surface area contributed by atoms with Gasteiger partial charge in [-0.3, -0.25) is 0 Å². The molecule has 2 atom stereocenters. The maximum atomic E-state index is 5.51. The highest BCUT2D eigenvalue weighted by molar-refractivity contribution is 7.80. The average Bonchev–Trinajstić information content (AvgIpc) is 2.36. The first-order valence-electron chi connectivity index (χ1n) is 8.37. The second-order valence-electron chi connectivity index (χ2n) is 7.52. The molecule has 20 heavy (non-hydrogen) atoms. The minimum absolute atomic E-state index is 0.538. The van der Waals surface area contributed by atoms with E-state index >= 15 is 0 Å².